The second-order valence-electron chi connectivity index (χ2n) is 2.86. The smallest absolute Gasteiger partial charge is 0.252 e. The molecule has 4 heteroatoms. The molecule has 14 heavy (non-hydrogen) atoms. The van der Waals surface area contributed by atoms with Gasteiger partial charge in [-0.2, -0.15) is 0 Å². The zero-order valence-corrected chi connectivity index (χ0v) is 8.46. The molecule has 1 aromatic carbocycles. The molecular formula is C10H13NO3. The van der Waals surface area contributed by atoms with Gasteiger partial charge >= 0.3 is 0 Å². The Morgan fingerprint density at radius 3 is 2.36 bits per heavy atom. The van der Waals surface area contributed by atoms with Gasteiger partial charge in [-0.25, -0.2) is 0 Å². The first-order chi connectivity index (χ1) is 6.61. The van der Waals surface area contributed by atoms with Crippen molar-refractivity contribution >= 4 is 5.91 Å². The van der Waals surface area contributed by atoms with E-state index >= 15 is 0 Å². The van der Waals surface area contributed by atoms with Crippen molar-refractivity contribution in [2.75, 3.05) is 14.2 Å². The van der Waals surface area contributed by atoms with Gasteiger partial charge in [-0.1, -0.05) is 6.07 Å². The number of hydrogen-bond donors (Lipinski definition) is 1. The summed E-state index contributed by atoms with van der Waals surface area (Å²) < 4.78 is 10.1. The zero-order valence-electron chi connectivity index (χ0n) is 8.46. The molecule has 0 bridgehead atoms. The number of hydrogen-bond acceptors (Lipinski definition) is 3. The molecule has 1 rings (SSSR count). The lowest BCUT2D eigenvalue weighted by molar-refractivity contribution is 0.0996. The molecule has 2 N–H and O–H groups in total. The van der Waals surface area contributed by atoms with Crippen LogP contribution in [0.1, 0.15) is 15.9 Å². The molecule has 0 aliphatic rings. The molecular weight excluding hydrogens is 182 g/mol. The summed E-state index contributed by atoms with van der Waals surface area (Å²) in [5.41, 5.74) is 6.38. The van der Waals surface area contributed by atoms with Crippen LogP contribution in [0.4, 0.5) is 0 Å². The highest BCUT2D eigenvalue weighted by Gasteiger charge is 2.16. The predicted molar refractivity (Wildman–Crippen MR) is 52.8 cm³/mol. The fourth-order valence-electron chi connectivity index (χ4n) is 1.33. The minimum Gasteiger partial charge on any atom is -0.493 e. The highest BCUT2D eigenvalue weighted by atomic mass is 16.5. The molecule has 0 unspecified atom stereocenters. The average Bonchev–Trinajstić information content (AvgIpc) is 2.16. The summed E-state index contributed by atoms with van der Waals surface area (Å²) in [5.74, 6) is 0.380. The van der Waals surface area contributed by atoms with Crippen molar-refractivity contribution in [3.8, 4) is 11.5 Å². The second-order valence-corrected chi connectivity index (χ2v) is 2.86. The van der Waals surface area contributed by atoms with Crippen LogP contribution < -0.4 is 15.2 Å². The van der Waals surface area contributed by atoms with Gasteiger partial charge in [0.1, 0.15) is 0 Å². The highest BCUT2D eigenvalue weighted by molar-refractivity contribution is 5.98. The van der Waals surface area contributed by atoms with Crippen LogP contribution in [0.25, 0.3) is 0 Å². The van der Waals surface area contributed by atoms with Gasteiger partial charge in [0, 0.05) is 0 Å². The quantitative estimate of drug-likeness (QED) is 0.785. The maximum absolute atomic E-state index is 11.2. The first kappa shape index (κ1) is 10.4. The minimum atomic E-state index is -0.516. The largest absolute Gasteiger partial charge is 0.493 e. The summed E-state index contributed by atoms with van der Waals surface area (Å²) in [7, 11) is 2.99. The van der Waals surface area contributed by atoms with Gasteiger partial charge in [0.05, 0.1) is 19.8 Å². The normalized spacial score (nSPS) is 9.64. The summed E-state index contributed by atoms with van der Waals surface area (Å²) >= 11 is 0. The van der Waals surface area contributed by atoms with Gasteiger partial charge in [0.2, 0.25) is 0 Å². The minimum absolute atomic E-state index is 0.367. The van der Waals surface area contributed by atoms with E-state index in [9.17, 15) is 4.79 Å². The first-order valence-electron chi connectivity index (χ1n) is 4.13. The monoisotopic (exact) mass is 195 g/mol. The van der Waals surface area contributed by atoms with E-state index < -0.39 is 5.91 Å². The molecule has 0 aliphatic carbocycles. The van der Waals surface area contributed by atoms with Crippen LogP contribution in [0, 0.1) is 6.92 Å². The van der Waals surface area contributed by atoms with E-state index in [0.717, 1.165) is 5.56 Å². The van der Waals surface area contributed by atoms with E-state index in [2.05, 4.69) is 0 Å². The highest BCUT2D eigenvalue weighted by Crippen LogP contribution is 2.32. The number of benzene rings is 1. The lowest BCUT2D eigenvalue weighted by Gasteiger charge is -2.12. The first-order valence-corrected chi connectivity index (χ1v) is 4.13. The number of nitrogens with two attached hydrogens (primary N) is 1. The van der Waals surface area contributed by atoms with Gasteiger partial charge in [0.15, 0.2) is 11.5 Å². The molecule has 0 saturated heterocycles. The fraction of sp³-hybridized carbons (Fsp3) is 0.300. The average molecular weight is 195 g/mol. The number of primary amides is 1. The molecule has 0 saturated carbocycles. The molecule has 0 spiro atoms. The van der Waals surface area contributed by atoms with E-state index in [4.69, 9.17) is 15.2 Å². The molecule has 1 aromatic rings. The number of rotatable bonds is 3. The molecule has 4 nitrogen and oxygen atoms in total. The SMILES string of the molecule is COc1ccc(C)c(C(N)=O)c1OC. The Bertz CT molecular complexity index is 361. The Hall–Kier alpha value is -1.71. The van der Waals surface area contributed by atoms with Crippen LogP contribution in [0.3, 0.4) is 0 Å². The lowest BCUT2D eigenvalue weighted by atomic mass is 10.1. The van der Waals surface area contributed by atoms with Crippen molar-refractivity contribution in [3.63, 3.8) is 0 Å². The molecule has 76 valence electrons. The van der Waals surface area contributed by atoms with E-state index in [1.54, 1.807) is 19.1 Å². The third-order valence-electron chi connectivity index (χ3n) is 2.00. The second kappa shape index (κ2) is 4.00. The molecule has 0 radical (unpaired) electrons. The summed E-state index contributed by atoms with van der Waals surface area (Å²) in [4.78, 5) is 11.2. The summed E-state index contributed by atoms with van der Waals surface area (Å²) in [5, 5.41) is 0. The Morgan fingerprint density at radius 1 is 1.29 bits per heavy atom. The van der Waals surface area contributed by atoms with Gasteiger partial charge < -0.3 is 15.2 Å². The van der Waals surface area contributed by atoms with Crippen LogP contribution in [0.2, 0.25) is 0 Å². The van der Waals surface area contributed by atoms with Crippen molar-refractivity contribution in [2.45, 2.75) is 6.92 Å². The number of amides is 1. The Kier molecular flexibility index (Phi) is 2.96. The Morgan fingerprint density at radius 2 is 1.93 bits per heavy atom. The number of ether oxygens (including phenoxy) is 2. The number of carbonyl (C=O) groups excluding carboxylic acids is 1. The lowest BCUT2D eigenvalue weighted by Crippen LogP contribution is -2.14. The van der Waals surface area contributed by atoms with E-state index in [-0.39, 0.29) is 0 Å². The number of aryl methyl sites for hydroxylation is 1. The van der Waals surface area contributed by atoms with Crippen LogP contribution in [-0.2, 0) is 0 Å². The van der Waals surface area contributed by atoms with Crippen molar-refractivity contribution in [2.24, 2.45) is 5.73 Å². The molecule has 0 aromatic heterocycles. The molecule has 1 amide bonds. The third-order valence-corrected chi connectivity index (χ3v) is 2.00. The molecule has 0 heterocycles. The summed E-state index contributed by atoms with van der Waals surface area (Å²) in [6.07, 6.45) is 0. The molecule has 0 atom stereocenters. The Balaban J connectivity index is 3.42. The number of methoxy groups -OCH3 is 2. The van der Waals surface area contributed by atoms with Crippen LogP contribution in [-0.4, -0.2) is 20.1 Å². The van der Waals surface area contributed by atoms with E-state index in [1.165, 1.54) is 14.2 Å². The van der Waals surface area contributed by atoms with Crippen molar-refractivity contribution in [1.82, 2.24) is 0 Å². The van der Waals surface area contributed by atoms with E-state index in [1.807, 2.05) is 0 Å². The number of carbonyl (C=O) groups is 1. The summed E-state index contributed by atoms with van der Waals surface area (Å²) in [6, 6.07) is 3.50. The zero-order chi connectivity index (χ0) is 10.7. The van der Waals surface area contributed by atoms with E-state index in [0.29, 0.717) is 17.1 Å². The topological polar surface area (TPSA) is 61.5 Å². The van der Waals surface area contributed by atoms with Crippen LogP contribution in [0.5, 0.6) is 11.5 Å². The fourth-order valence-corrected chi connectivity index (χ4v) is 1.33. The predicted octanol–water partition coefficient (Wildman–Crippen LogP) is 1.11. The Labute approximate surface area is 82.6 Å². The van der Waals surface area contributed by atoms with Gasteiger partial charge in [-0.15, -0.1) is 0 Å². The van der Waals surface area contributed by atoms with Gasteiger partial charge in [0.25, 0.3) is 5.91 Å². The van der Waals surface area contributed by atoms with Gasteiger partial charge in [-0.05, 0) is 18.6 Å². The van der Waals surface area contributed by atoms with Crippen molar-refractivity contribution < 1.29 is 14.3 Å². The standard InChI is InChI=1S/C10H13NO3/c1-6-4-5-7(13-2)9(14-3)8(6)10(11)12/h4-5H,1-3H3,(H2,11,12). The maximum Gasteiger partial charge on any atom is 0.252 e. The van der Waals surface area contributed by atoms with Crippen LogP contribution >= 0.6 is 0 Å². The van der Waals surface area contributed by atoms with Gasteiger partial charge in [-0.3, -0.25) is 4.79 Å². The maximum atomic E-state index is 11.2. The molecule has 0 fully saturated rings. The van der Waals surface area contributed by atoms with Crippen molar-refractivity contribution in [3.05, 3.63) is 23.3 Å². The molecule has 0 aliphatic heterocycles. The third kappa shape index (κ3) is 1.64. The van der Waals surface area contributed by atoms with Crippen LogP contribution in [0.15, 0.2) is 12.1 Å². The summed E-state index contributed by atoms with van der Waals surface area (Å²) in [6.45, 7) is 1.79. The van der Waals surface area contributed by atoms with Crippen molar-refractivity contribution in [1.29, 1.82) is 0 Å².